The second-order valence-corrected chi connectivity index (χ2v) is 9.68. The zero-order valence-electron chi connectivity index (χ0n) is 19.0. The molecule has 4 nitrogen and oxygen atoms in total. The van der Waals surface area contributed by atoms with E-state index in [2.05, 4.69) is 0 Å². The van der Waals surface area contributed by atoms with Gasteiger partial charge in [-0.05, 0) is 53.1 Å². The van der Waals surface area contributed by atoms with Crippen LogP contribution in [0.1, 0.15) is 29.0 Å². The van der Waals surface area contributed by atoms with Gasteiger partial charge >= 0.3 is 29.6 Å². The maximum atomic E-state index is 14.4. The van der Waals surface area contributed by atoms with Gasteiger partial charge in [-0.15, -0.1) is 11.8 Å². The number of carbonyl (C=O) groups is 1. The summed E-state index contributed by atoms with van der Waals surface area (Å²) in [4.78, 5) is 11.0. The summed E-state index contributed by atoms with van der Waals surface area (Å²) in [5.74, 6) is -3.39. The molecule has 36 heavy (non-hydrogen) atoms. The second-order valence-electron chi connectivity index (χ2n) is 7.81. The first-order valence-corrected chi connectivity index (χ1v) is 12.1. The molecule has 0 aliphatic rings. The summed E-state index contributed by atoms with van der Waals surface area (Å²) >= 11 is 13.7. The summed E-state index contributed by atoms with van der Waals surface area (Å²) in [6, 6.07) is 14.5. The molecule has 0 fully saturated rings. The number of carboxylic acids is 1. The Morgan fingerprint density at radius 3 is 1.89 bits per heavy atom. The molecule has 0 aliphatic heterocycles. The number of aliphatic hydroxyl groups excluding tert-OH is 2. The number of hydrogen-bond donors (Lipinski definition) is 2. The van der Waals surface area contributed by atoms with Crippen molar-refractivity contribution >= 4 is 40.9 Å². The van der Waals surface area contributed by atoms with Crippen molar-refractivity contribution < 1.29 is 62.8 Å². The molecule has 0 spiro atoms. The van der Waals surface area contributed by atoms with Gasteiger partial charge in [0, 0.05) is 34.0 Å². The van der Waals surface area contributed by atoms with Crippen LogP contribution in [0.25, 0.3) is 0 Å². The average molecular weight is 567 g/mol. The molecule has 0 heterocycles. The van der Waals surface area contributed by atoms with Crippen LogP contribution in [0.3, 0.4) is 0 Å². The van der Waals surface area contributed by atoms with Gasteiger partial charge in [0.2, 0.25) is 0 Å². The minimum atomic E-state index is -2.24. The Morgan fingerprint density at radius 2 is 1.42 bits per heavy atom. The maximum Gasteiger partial charge on any atom is 1.00 e. The van der Waals surface area contributed by atoms with Crippen molar-refractivity contribution in [2.45, 2.75) is 35.6 Å². The number of alkyl halides is 1. The normalized spacial score (nSPS) is 13.7. The molecule has 3 aromatic carbocycles. The number of carboxylic acid groups (broad SMARTS) is 1. The molecule has 0 amide bonds. The molecule has 3 atom stereocenters. The SMILES string of the molecule is O=C([O-])C[C@H](O)[C@@H](F)[C@H](O)CSc1c(Cl)cc(Cl)cc1C(c1ccc(F)cc1)c1ccc(F)cc1.[Na+]. The molecular formula is C25H20Cl2F3NaO4S. The molecule has 186 valence electrons. The Bertz CT molecular complexity index is 1120. The number of aliphatic hydroxyl groups is 2. The van der Waals surface area contributed by atoms with Crippen molar-refractivity contribution in [3.05, 3.63) is 99.0 Å². The first-order valence-electron chi connectivity index (χ1n) is 10.4. The molecule has 0 aliphatic carbocycles. The number of aliphatic carboxylic acids is 1. The zero-order valence-corrected chi connectivity index (χ0v) is 23.3. The maximum absolute atomic E-state index is 14.4. The Balaban J connectivity index is 0.00000456. The fourth-order valence-corrected chi connectivity index (χ4v) is 5.34. The van der Waals surface area contributed by atoms with E-state index in [1.54, 1.807) is 30.3 Å². The molecule has 3 rings (SSSR count). The van der Waals surface area contributed by atoms with Crippen molar-refractivity contribution in [1.82, 2.24) is 0 Å². The smallest absolute Gasteiger partial charge is 0.550 e. The Hall–Kier alpha value is -1.23. The Kier molecular flexibility index (Phi) is 12.1. The fraction of sp³-hybridized carbons (Fsp3) is 0.240. The molecule has 0 radical (unpaired) electrons. The minimum Gasteiger partial charge on any atom is -0.550 e. The van der Waals surface area contributed by atoms with Crippen LogP contribution in [0.15, 0.2) is 65.6 Å². The van der Waals surface area contributed by atoms with Crippen LogP contribution in [-0.2, 0) is 4.79 Å². The molecule has 11 heteroatoms. The van der Waals surface area contributed by atoms with Crippen LogP contribution in [0.2, 0.25) is 10.0 Å². The van der Waals surface area contributed by atoms with Crippen molar-refractivity contribution in [1.29, 1.82) is 0 Å². The van der Waals surface area contributed by atoms with E-state index in [1.807, 2.05) is 0 Å². The van der Waals surface area contributed by atoms with Gasteiger partial charge in [-0.1, -0.05) is 47.5 Å². The molecule has 0 saturated heterocycles. The number of carbonyl (C=O) groups excluding carboxylic acids is 1. The van der Waals surface area contributed by atoms with Gasteiger partial charge in [0.1, 0.15) is 11.6 Å². The van der Waals surface area contributed by atoms with Crippen LogP contribution < -0.4 is 34.7 Å². The van der Waals surface area contributed by atoms with Crippen molar-refractivity contribution in [2.75, 3.05) is 5.75 Å². The summed E-state index contributed by atoms with van der Waals surface area (Å²) in [5.41, 5.74) is 1.83. The summed E-state index contributed by atoms with van der Waals surface area (Å²) in [7, 11) is 0. The Morgan fingerprint density at radius 1 is 0.917 bits per heavy atom. The molecule has 3 aromatic rings. The number of rotatable bonds is 10. The van der Waals surface area contributed by atoms with Gasteiger partial charge in [0.15, 0.2) is 6.17 Å². The summed E-state index contributed by atoms with van der Waals surface area (Å²) in [6.45, 7) is 0. The third kappa shape index (κ3) is 8.13. The molecular weight excluding hydrogens is 547 g/mol. The Labute approximate surface area is 242 Å². The standard InChI is InChI=1S/C25H21Cl2F3O4S.Na/c26-15-9-18(23(13-1-5-16(28)6-2-13)14-3-7-17(29)8-4-14)25(19(27)10-15)35-12-21(32)24(30)20(31)11-22(33)34;/h1-10,20-21,23-24,31-32H,11-12H2,(H,33,34);/q;+1/p-1/t20-,21+,24+;/m0./s1. The zero-order chi connectivity index (χ0) is 25.7. The third-order valence-corrected chi connectivity index (χ3v) is 7.15. The first kappa shape index (κ1) is 31.0. The van der Waals surface area contributed by atoms with Crippen LogP contribution in [-0.4, -0.2) is 40.3 Å². The monoisotopic (exact) mass is 566 g/mol. The van der Waals surface area contributed by atoms with E-state index in [0.29, 0.717) is 21.6 Å². The number of halogens is 5. The summed E-state index contributed by atoms with van der Waals surface area (Å²) in [6.07, 6.45) is -6.86. The van der Waals surface area contributed by atoms with Gasteiger partial charge in [0.25, 0.3) is 0 Å². The van der Waals surface area contributed by atoms with E-state index in [0.717, 1.165) is 11.8 Å². The van der Waals surface area contributed by atoms with Crippen molar-refractivity contribution in [3.8, 4) is 0 Å². The quantitative estimate of drug-likeness (QED) is 0.222. The van der Waals surface area contributed by atoms with Gasteiger partial charge in [-0.2, -0.15) is 0 Å². The molecule has 0 unspecified atom stereocenters. The average Bonchev–Trinajstić information content (AvgIpc) is 2.80. The van der Waals surface area contributed by atoms with E-state index in [-0.39, 0.29) is 45.4 Å². The van der Waals surface area contributed by atoms with E-state index >= 15 is 0 Å². The van der Waals surface area contributed by atoms with E-state index < -0.39 is 48.3 Å². The van der Waals surface area contributed by atoms with Gasteiger partial charge < -0.3 is 20.1 Å². The molecule has 0 aromatic heterocycles. The number of hydrogen-bond acceptors (Lipinski definition) is 5. The fourth-order valence-electron chi connectivity index (χ4n) is 3.61. The van der Waals surface area contributed by atoms with Gasteiger partial charge in [0.05, 0.1) is 17.2 Å². The van der Waals surface area contributed by atoms with E-state index in [1.165, 1.54) is 30.3 Å². The minimum absolute atomic E-state index is 0. The van der Waals surface area contributed by atoms with Crippen molar-refractivity contribution in [3.63, 3.8) is 0 Å². The second kappa shape index (κ2) is 14.1. The topological polar surface area (TPSA) is 80.6 Å². The number of benzene rings is 3. The summed E-state index contributed by atoms with van der Waals surface area (Å²) < 4.78 is 41.6. The molecule has 2 N–H and O–H groups in total. The van der Waals surface area contributed by atoms with Crippen molar-refractivity contribution in [2.24, 2.45) is 0 Å². The van der Waals surface area contributed by atoms with Gasteiger partial charge in [-0.25, -0.2) is 13.2 Å². The van der Waals surface area contributed by atoms with Gasteiger partial charge in [-0.3, -0.25) is 0 Å². The first-order chi connectivity index (χ1) is 16.6. The van der Waals surface area contributed by atoms with E-state index in [4.69, 9.17) is 23.2 Å². The molecule has 0 bridgehead atoms. The predicted octanol–water partition coefficient (Wildman–Crippen LogP) is 1.75. The van der Waals surface area contributed by atoms with E-state index in [9.17, 15) is 33.3 Å². The predicted molar refractivity (Wildman–Crippen MR) is 127 cm³/mol. The van der Waals surface area contributed by atoms with Crippen LogP contribution in [0.4, 0.5) is 13.2 Å². The molecule has 0 saturated carbocycles. The largest absolute Gasteiger partial charge is 1.00 e. The van der Waals surface area contributed by atoms with Crippen LogP contribution >= 0.6 is 35.0 Å². The number of thioether (sulfide) groups is 1. The third-order valence-electron chi connectivity index (χ3n) is 5.26. The van der Waals surface area contributed by atoms with Crippen LogP contribution in [0, 0.1) is 11.6 Å². The summed E-state index contributed by atoms with van der Waals surface area (Å²) in [5, 5.41) is 31.0. The van der Waals surface area contributed by atoms with Crippen LogP contribution in [0.5, 0.6) is 0 Å².